The van der Waals surface area contributed by atoms with Gasteiger partial charge in [-0.15, -0.1) is 0 Å². The van der Waals surface area contributed by atoms with Gasteiger partial charge in [0.05, 0.1) is 11.1 Å². The maximum absolute atomic E-state index is 12.3. The standard InChI is InChI=1S/C8H3ClF6S/c9-16-6-2-4(7(10,11)12)1-5(3-6)8(13,14)15/h1-3H. The highest BCUT2D eigenvalue weighted by molar-refractivity contribution is 8.21. The summed E-state index contributed by atoms with van der Waals surface area (Å²) < 4.78 is 73.5. The minimum atomic E-state index is -4.83. The van der Waals surface area contributed by atoms with E-state index in [9.17, 15) is 26.3 Å². The number of hydrogen-bond acceptors (Lipinski definition) is 1. The zero-order valence-corrected chi connectivity index (χ0v) is 8.86. The van der Waals surface area contributed by atoms with Crippen molar-refractivity contribution in [2.24, 2.45) is 0 Å². The molecule has 1 aromatic rings. The van der Waals surface area contributed by atoms with Gasteiger partial charge in [0.1, 0.15) is 0 Å². The summed E-state index contributed by atoms with van der Waals surface area (Å²) in [5.74, 6) is 0. The van der Waals surface area contributed by atoms with Gasteiger partial charge in [-0.05, 0) is 39.9 Å². The summed E-state index contributed by atoms with van der Waals surface area (Å²) in [7, 11) is 5.45. The molecule has 8 heteroatoms. The molecule has 0 aliphatic rings. The Morgan fingerprint density at radius 2 is 1.19 bits per heavy atom. The summed E-state index contributed by atoms with van der Waals surface area (Å²) in [4.78, 5) is -0.302. The second kappa shape index (κ2) is 4.37. The molecule has 0 aliphatic heterocycles. The summed E-state index contributed by atoms with van der Waals surface area (Å²) in [6, 6.07) is 1.18. The number of alkyl halides is 6. The predicted molar refractivity (Wildman–Crippen MR) is 48.2 cm³/mol. The number of rotatable bonds is 1. The molecule has 0 aromatic heterocycles. The van der Waals surface area contributed by atoms with Crippen molar-refractivity contribution in [1.29, 1.82) is 0 Å². The second-order valence-corrected chi connectivity index (χ2v) is 3.91. The normalized spacial score (nSPS) is 12.9. The molecule has 16 heavy (non-hydrogen) atoms. The molecule has 0 atom stereocenters. The molecule has 0 nitrogen and oxygen atoms in total. The van der Waals surface area contributed by atoms with Crippen LogP contribution in [0, 0.1) is 0 Å². The summed E-state index contributed by atoms with van der Waals surface area (Å²) in [6.07, 6.45) is -9.66. The van der Waals surface area contributed by atoms with Crippen LogP contribution < -0.4 is 0 Å². The zero-order chi connectivity index (χ0) is 12.6. The minimum Gasteiger partial charge on any atom is -0.166 e. The molecule has 0 saturated carbocycles. The maximum Gasteiger partial charge on any atom is 0.416 e. The van der Waals surface area contributed by atoms with Crippen LogP contribution >= 0.6 is 21.7 Å². The van der Waals surface area contributed by atoms with E-state index in [1.807, 2.05) is 0 Å². The van der Waals surface area contributed by atoms with E-state index in [-0.39, 0.29) is 11.0 Å². The van der Waals surface area contributed by atoms with Gasteiger partial charge in [-0.2, -0.15) is 26.3 Å². The van der Waals surface area contributed by atoms with Crippen LogP contribution in [0.3, 0.4) is 0 Å². The van der Waals surface area contributed by atoms with Gasteiger partial charge in [-0.1, -0.05) is 0 Å². The lowest BCUT2D eigenvalue weighted by Crippen LogP contribution is -2.10. The van der Waals surface area contributed by atoms with Crippen molar-refractivity contribution in [3.05, 3.63) is 29.3 Å². The van der Waals surface area contributed by atoms with Crippen LogP contribution in [0.15, 0.2) is 23.1 Å². The van der Waals surface area contributed by atoms with Crippen LogP contribution in [0.1, 0.15) is 11.1 Å². The van der Waals surface area contributed by atoms with E-state index >= 15 is 0 Å². The van der Waals surface area contributed by atoms with Gasteiger partial charge in [-0.25, -0.2) is 0 Å². The van der Waals surface area contributed by atoms with E-state index in [1.165, 1.54) is 0 Å². The fraction of sp³-hybridized carbons (Fsp3) is 0.250. The van der Waals surface area contributed by atoms with Crippen molar-refractivity contribution in [2.75, 3.05) is 0 Å². The zero-order valence-electron chi connectivity index (χ0n) is 7.29. The average molecular weight is 281 g/mol. The van der Waals surface area contributed by atoms with Crippen LogP contribution in [0.2, 0.25) is 0 Å². The predicted octanol–water partition coefficient (Wildman–Crippen LogP) is 4.97. The van der Waals surface area contributed by atoms with Gasteiger partial charge in [0.2, 0.25) is 0 Å². The van der Waals surface area contributed by atoms with Gasteiger partial charge < -0.3 is 0 Å². The third-order valence-corrected chi connectivity index (χ3v) is 2.60. The monoisotopic (exact) mass is 280 g/mol. The lowest BCUT2D eigenvalue weighted by molar-refractivity contribution is -0.143. The smallest absolute Gasteiger partial charge is 0.166 e. The molecule has 1 rings (SSSR count). The highest BCUT2D eigenvalue weighted by atomic mass is 35.7. The molecular weight excluding hydrogens is 278 g/mol. The van der Waals surface area contributed by atoms with Gasteiger partial charge >= 0.3 is 12.4 Å². The van der Waals surface area contributed by atoms with Crippen molar-refractivity contribution >= 4 is 21.7 Å². The second-order valence-electron chi connectivity index (χ2n) is 2.82. The van der Waals surface area contributed by atoms with E-state index in [2.05, 4.69) is 0 Å². The average Bonchev–Trinajstić information content (AvgIpc) is 2.14. The molecule has 1 aromatic carbocycles. The van der Waals surface area contributed by atoms with E-state index < -0.39 is 23.5 Å². The van der Waals surface area contributed by atoms with E-state index in [0.29, 0.717) is 23.1 Å². The Balaban J connectivity index is 3.33. The Labute approximate surface area is 95.1 Å². The van der Waals surface area contributed by atoms with Crippen LogP contribution in [0.4, 0.5) is 26.3 Å². The Morgan fingerprint density at radius 3 is 1.44 bits per heavy atom. The lowest BCUT2D eigenvalue weighted by Gasteiger charge is -2.12. The van der Waals surface area contributed by atoms with Crippen LogP contribution in [0.5, 0.6) is 0 Å². The first kappa shape index (κ1) is 13.5. The molecule has 0 unspecified atom stereocenters. The molecule has 0 radical (unpaired) electrons. The number of hydrogen-bond donors (Lipinski definition) is 0. The van der Waals surface area contributed by atoms with Crippen molar-refractivity contribution in [1.82, 2.24) is 0 Å². The number of halogens is 7. The van der Waals surface area contributed by atoms with Gasteiger partial charge in [0.15, 0.2) is 0 Å². The Kier molecular flexibility index (Phi) is 3.69. The quantitative estimate of drug-likeness (QED) is 0.655. The summed E-state index contributed by atoms with van der Waals surface area (Å²) in [6.45, 7) is 0. The van der Waals surface area contributed by atoms with Crippen molar-refractivity contribution < 1.29 is 26.3 Å². The van der Waals surface area contributed by atoms with Gasteiger partial charge in [0.25, 0.3) is 0 Å². The first-order valence-corrected chi connectivity index (χ1v) is 5.37. The summed E-state index contributed by atoms with van der Waals surface area (Å²) >= 11 is 0. The third-order valence-electron chi connectivity index (χ3n) is 1.65. The fourth-order valence-electron chi connectivity index (χ4n) is 0.971. The molecule has 0 saturated heterocycles. The molecule has 0 aliphatic carbocycles. The van der Waals surface area contributed by atoms with Crippen LogP contribution in [0.25, 0.3) is 0 Å². The first-order chi connectivity index (χ1) is 7.14. The Bertz CT molecular complexity index is 351. The van der Waals surface area contributed by atoms with E-state index in [1.54, 1.807) is 0 Å². The molecule has 0 bridgehead atoms. The van der Waals surface area contributed by atoms with Crippen molar-refractivity contribution in [3.8, 4) is 0 Å². The SMILES string of the molecule is FC(F)(F)c1cc(SCl)cc(C(F)(F)F)c1. The molecule has 0 amide bonds. The summed E-state index contributed by atoms with van der Waals surface area (Å²) in [5.41, 5.74) is -2.74. The first-order valence-electron chi connectivity index (χ1n) is 3.72. The molecular formula is C8H3ClF6S. The summed E-state index contributed by atoms with van der Waals surface area (Å²) in [5, 5.41) is 0. The minimum absolute atomic E-state index is 0.0522. The van der Waals surface area contributed by atoms with Gasteiger partial charge in [0, 0.05) is 4.90 Å². The Hall–Kier alpha value is -0.560. The molecule has 0 fully saturated rings. The number of benzene rings is 1. The van der Waals surface area contributed by atoms with Crippen molar-refractivity contribution in [3.63, 3.8) is 0 Å². The molecule has 0 spiro atoms. The molecule has 0 N–H and O–H groups in total. The highest BCUT2D eigenvalue weighted by Gasteiger charge is 2.36. The van der Waals surface area contributed by atoms with Crippen LogP contribution in [-0.2, 0) is 12.4 Å². The Morgan fingerprint density at radius 1 is 0.812 bits per heavy atom. The third kappa shape index (κ3) is 3.21. The maximum atomic E-state index is 12.3. The van der Waals surface area contributed by atoms with Gasteiger partial charge in [-0.3, -0.25) is 0 Å². The molecule has 0 heterocycles. The topological polar surface area (TPSA) is 0 Å². The van der Waals surface area contributed by atoms with E-state index in [4.69, 9.17) is 10.7 Å². The highest BCUT2D eigenvalue weighted by Crippen LogP contribution is 2.38. The fourth-order valence-corrected chi connectivity index (χ4v) is 1.58. The lowest BCUT2D eigenvalue weighted by atomic mass is 10.1. The largest absolute Gasteiger partial charge is 0.416 e. The van der Waals surface area contributed by atoms with Crippen molar-refractivity contribution in [2.45, 2.75) is 17.2 Å². The molecule has 90 valence electrons. The van der Waals surface area contributed by atoms with E-state index in [0.717, 1.165) is 0 Å². The van der Waals surface area contributed by atoms with Crippen LogP contribution in [-0.4, -0.2) is 0 Å².